The lowest BCUT2D eigenvalue weighted by molar-refractivity contribution is -0.331. The minimum atomic E-state index is -6.27. The Morgan fingerprint density at radius 3 is 1.97 bits per heavy atom. The number of esters is 3. The van der Waals surface area contributed by atoms with Crippen molar-refractivity contribution >= 4 is 17.9 Å². The molecule has 1 rings (SSSR count). The molecule has 1 fully saturated rings. The van der Waals surface area contributed by atoms with Gasteiger partial charge < -0.3 is 18.9 Å². The molecule has 0 bridgehead atoms. The second-order valence-corrected chi connectivity index (χ2v) is 6.71. The summed E-state index contributed by atoms with van der Waals surface area (Å²) >= 11 is 0. The Labute approximate surface area is 173 Å². The third kappa shape index (κ3) is 6.26. The molecule has 0 aromatic carbocycles. The molecule has 0 amide bonds. The highest BCUT2D eigenvalue weighted by Crippen LogP contribution is 2.48. The number of carbonyl (C=O) groups excluding carboxylic acids is 3. The molecule has 1 aliphatic heterocycles. The van der Waals surface area contributed by atoms with Gasteiger partial charge in [-0.25, -0.2) is 14.4 Å². The Morgan fingerprint density at radius 1 is 1.06 bits per heavy atom. The van der Waals surface area contributed by atoms with Crippen LogP contribution in [0.25, 0.3) is 0 Å². The summed E-state index contributed by atoms with van der Waals surface area (Å²) in [5.74, 6) is -7.11. The minimum Gasteiger partial charge on any atom is -0.450 e. The highest BCUT2D eigenvalue weighted by atomic mass is 19.4. The van der Waals surface area contributed by atoms with E-state index in [-0.39, 0.29) is 5.57 Å². The van der Waals surface area contributed by atoms with Gasteiger partial charge in [-0.05, 0) is 6.92 Å². The monoisotopic (exact) mass is 490 g/mol. The van der Waals surface area contributed by atoms with Crippen molar-refractivity contribution in [2.24, 2.45) is 5.92 Å². The lowest BCUT2D eigenvalue weighted by Gasteiger charge is -2.31. The lowest BCUT2D eigenvalue weighted by Crippen LogP contribution is -2.57. The van der Waals surface area contributed by atoms with Gasteiger partial charge in [-0.2, -0.15) is 39.5 Å². The maximum atomic E-state index is 13.5. The molecule has 0 aromatic heterocycles. The van der Waals surface area contributed by atoms with Crippen molar-refractivity contribution in [2.75, 3.05) is 6.61 Å². The first kappa shape index (κ1) is 27.5. The lowest BCUT2D eigenvalue weighted by atomic mass is 9.94. The summed E-state index contributed by atoms with van der Waals surface area (Å²) in [5.41, 5.74) is -4.44. The fourth-order valence-corrected chi connectivity index (χ4v) is 2.41. The zero-order valence-corrected chi connectivity index (χ0v) is 16.1. The van der Waals surface area contributed by atoms with Crippen molar-refractivity contribution in [3.05, 3.63) is 12.2 Å². The summed E-state index contributed by atoms with van der Waals surface area (Å²) in [5, 5.41) is 0. The zero-order chi connectivity index (χ0) is 25.3. The Morgan fingerprint density at radius 2 is 1.56 bits per heavy atom. The molecule has 16 heteroatoms. The SMILES string of the molecule is C=C(C)C(=O)OCC(=O)OC1OC(C(=O)OC(C(F)(F)F)C(F)(F)F)(C(F)(F)F)CC1C. The Kier molecular flexibility index (Phi) is 7.87. The average Bonchev–Trinajstić information content (AvgIpc) is 2.92. The summed E-state index contributed by atoms with van der Waals surface area (Å²) in [6.07, 6.45) is -27.0. The number of ether oxygens (including phenoxy) is 4. The van der Waals surface area contributed by atoms with Crippen LogP contribution in [0.5, 0.6) is 0 Å². The van der Waals surface area contributed by atoms with Crippen molar-refractivity contribution in [1.82, 2.24) is 0 Å². The predicted molar refractivity (Wildman–Crippen MR) is 81.3 cm³/mol. The molecule has 7 nitrogen and oxygen atoms in total. The van der Waals surface area contributed by atoms with E-state index in [1.807, 2.05) is 0 Å². The van der Waals surface area contributed by atoms with Crippen LogP contribution in [0.3, 0.4) is 0 Å². The molecule has 1 heterocycles. The number of hydrogen-bond donors (Lipinski definition) is 0. The Balaban J connectivity index is 3.08. The Hall–Kier alpha value is -2.52. The number of rotatable bonds is 6. The van der Waals surface area contributed by atoms with Crippen LogP contribution >= 0.6 is 0 Å². The largest absolute Gasteiger partial charge is 0.450 e. The molecule has 32 heavy (non-hydrogen) atoms. The van der Waals surface area contributed by atoms with Gasteiger partial charge in [0.15, 0.2) is 6.61 Å². The van der Waals surface area contributed by atoms with Gasteiger partial charge in [0.1, 0.15) is 0 Å². The first-order valence-electron chi connectivity index (χ1n) is 8.33. The van der Waals surface area contributed by atoms with Gasteiger partial charge in [0, 0.05) is 17.9 Å². The van der Waals surface area contributed by atoms with E-state index in [4.69, 9.17) is 0 Å². The summed E-state index contributed by atoms with van der Waals surface area (Å²) < 4.78 is 132. The first-order valence-corrected chi connectivity index (χ1v) is 8.33. The van der Waals surface area contributed by atoms with Crippen molar-refractivity contribution in [3.63, 3.8) is 0 Å². The van der Waals surface area contributed by atoms with Gasteiger partial charge in [-0.1, -0.05) is 13.5 Å². The maximum absolute atomic E-state index is 13.5. The second-order valence-electron chi connectivity index (χ2n) is 6.71. The summed E-state index contributed by atoms with van der Waals surface area (Å²) in [6, 6.07) is 0. The van der Waals surface area contributed by atoms with Crippen molar-refractivity contribution < 1.29 is 72.8 Å². The van der Waals surface area contributed by atoms with Crippen LogP contribution in [0, 0.1) is 5.92 Å². The van der Waals surface area contributed by atoms with E-state index in [9.17, 15) is 53.9 Å². The molecule has 0 spiro atoms. The quantitative estimate of drug-likeness (QED) is 0.244. The van der Waals surface area contributed by atoms with Crippen molar-refractivity contribution in [3.8, 4) is 0 Å². The normalized spacial score (nSPS) is 24.2. The van der Waals surface area contributed by atoms with E-state index >= 15 is 0 Å². The topological polar surface area (TPSA) is 88.1 Å². The summed E-state index contributed by atoms with van der Waals surface area (Å²) in [7, 11) is 0. The Bertz CT molecular complexity index is 742. The molecule has 1 saturated heterocycles. The standard InChI is InChI=1S/C16H15F9O7/c1-6(2)9(27)29-5-8(26)30-10-7(3)4-13(32-10,16(23,24)25)12(28)31-11(14(17,18)19)15(20,21)22/h7,10-11H,1,4-5H2,2-3H3. The second kappa shape index (κ2) is 9.15. The summed E-state index contributed by atoms with van der Waals surface area (Å²) in [6.45, 7) is 4.16. The summed E-state index contributed by atoms with van der Waals surface area (Å²) in [4.78, 5) is 34.7. The molecule has 0 saturated carbocycles. The molecule has 0 N–H and O–H groups in total. The van der Waals surface area contributed by atoms with Crippen molar-refractivity contribution in [1.29, 1.82) is 0 Å². The minimum absolute atomic E-state index is 0.147. The van der Waals surface area contributed by atoms with E-state index in [1.165, 1.54) is 6.92 Å². The number of carbonyl (C=O) groups is 3. The van der Waals surface area contributed by atoms with E-state index in [1.54, 1.807) is 0 Å². The maximum Gasteiger partial charge on any atom is 0.434 e. The predicted octanol–water partition coefficient (Wildman–Crippen LogP) is 3.37. The zero-order valence-electron chi connectivity index (χ0n) is 16.1. The van der Waals surface area contributed by atoms with Crippen LogP contribution in [-0.4, -0.2) is 61.0 Å². The smallest absolute Gasteiger partial charge is 0.434 e. The van der Waals surface area contributed by atoms with E-state index in [0.29, 0.717) is 0 Å². The third-order valence-corrected chi connectivity index (χ3v) is 3.92. The van der Waals surface area contributed by atoms with Gasteiger partial charge in [-0.3, -0.25) is 0 Å². The molecular weight excluding hydrogens is 475 g/mol. The van der Waals surface area contributed by atoms with E-state index in [2.05, 4.69) is 25.5 Å². The van der Waals surface area contributed by atoms with Crippen LogP contribution < -0.4 is 0 Å². The highest BCUT2D eigenvalue weighted by Gasteiger charge is 2.71. The highest BCUT2D eigenvalue weighted by molar-refractivity contribution is 5.88. The van der Waals surface area contributed by atoms with Gasteiger partial charge in [-0.15, -0.1) is 0 Å². The third-order valence-electron chi connectivity index (χ3n) is 3.92. The van der Waals surface area contributed by atoms with Gasteiger partial charge in [0.25, 0.3) is 11.7 Å². The van der Waals surface area contributed by atoms with Gasteiger partial charge in [0.05, 0.1) is 0 Å². The molecule has 184 valence electrons. The number of halogens is 9. The van der Waals surface area contributed by atoms with Gasteiger partial charge >= 0.3 is 36.4 Å². The van der Waals surface area contributed by atoms with Gasteiger partial charge in [0.2, 0.25) is 6.29 Å². The molecule has 3 unspecified atom stereocenters. The van der Waals surface area contributed by atoms with Crippen molar-refractivity contribution in [2.45, 2.75) is 56.8 Å². The molecule has 3 atom stereocenters. The van der Waals surface area contributed by atoms with Crippen LogP contribution in [0.15, 0.2) is 12.2 Å². The first-order chi connectivity index (χ1) is 14.2. The van der Waals surface area contributed by atoms with Crippen LogP contribution in [0.1, 0.15) is 20.3 Å². The van der Waals surface area contributed by atoms with E-state index in [0.717, 1.165) is 6.92 Å². The average molecular weight is 490 g/mol. The number of alkyl halides is 9. The molecule has 1 aliphatic rings. The van der Waals surface area contributed by atoms with Crippen LogP contribution in [0.2, 0.25) is 0 Å². The molecular formula is C16H15F9O7. The fraction of sp³-hybridized carbons (Fsp3) is 0.688. The number of hydrogen-bond acceptors (Lipinski definition) is 7. The molecule has 0 radical (unpaired) electrons. The van der Waals surface area contributed by atoms with Crippen LogP contribution in [0.4, 0.5) is 39.5 Å². The van der Waals surface area contributed by atoms with Crippen LogP contribution in [-0.2, 0) is 33.3 Å². The van der Waals surface area contributed by atoms with E-state index < -0.39 is 73.4 Å². The molecule has 0 aromatic rings. The fourth-order valence-electron chi connectivity index (χ4n) is 2.41. The molecule has 0 aliphatic carbocycles.